The predicted octanol–water partition coefficient (Wildman–Crippen LogP) is 2.93. The zero-order valence-corrected chi connectivity index (χ0v) is 17.7. The monoisotopic (exact) mass is 476 g/mol. The molecule has 4 N–H and O–H groups in total. The van der Waals surface area contributed by atoms with E-state index in [0.717, 1.165) is 12.3 Å². The molecular formula is C18H14F2N8O4S. The number of H-pyrrole nitrogens is 1. The summed E-state index contributed by atoms with van der Waals surface area (Å²) in [4.78, 5) is 39.1. The second kappa shape index (κ2) is 8.01. The van der Waals surface area contributed by atoms with Crippen molar-refractivity contribution < 1.29 is 23.3 Å². The van der Waals surface area contributed by atoms with Gasteiger partial charge in [-0.2, -0.15) is 10.2 Å². The summed E-state index contributed by atoms with van der Waals surface area (Å²) in [6.07, 6.45) is -0.599. The van der Waals surface area contributed by atoms with Crippen LogP contribution in [0.4, 0.5) is 20.2 Å². The first-order chi connectivity index (χ1) is 15.6. The minimum atomic E-state index is -2.91. The van der Waals surface area contributed by atoms with Gasteiger partial charge in [0.2, 0.25) is 5.69 Å². The molecule has 33 heavy (non-hydrogen) atoms. The van der Waals surface area contributed by atoms with Crippen molar-refractivity contribution in [2.45, 2.75) is 13.3 Å². The second-order valence-corrected chi connectivity index (χ2v) is 7.85. The lowest BCUT2D eigenvalue weighted by Gasteiger charge is -2.10. The van der Waals surface area contributed by atoms with Crippen molar-refractivity contribution in [1.82, 2.24) is 25.0 Å². The molecule has 4 rings (SSSR count). The number of hydrogen-bond acceptors (Lipinski definition) is 8. The SMILES string of the molecule is Cc1c(-c2cc(C(F)F)nc3sc(C(N)=O)c(NC(=O)c4[nH]ncc4[N+](=O)[O-])c23)cnn1C. The number of halogens is 2. The lowest BCUT2D eigenvalue weighted by Crippen LogP contribution is -2.18. The third-order valence-electron chi connectivity index (χ3n) is 4.94. The molecule has 0 saturated heterocycles. The Hall–Kier alpha value is -4.27. The van der Waals surface area contributed by atoms with Gasteiger partial charge in [0.05, 0.1) is 16.8 Å². The van der Waals surface area contributed by atoms with E-state index in [1.54, 1.807) is 14.0 Å². The number of nitro groups is 1. The normalized spacial score (nSPS) is 11.3. The van der Waals surface area contributed by atoms with Crippen molar-refractivity contribution in [3.05, 3.63) is 50.5 Å². The fourth-order valence-corrected chi connectivity index (χ4v) is 4.27. The van der Waals surface area contributed by atoms with Crippen molar-refractivity contribution in [2.75, 3.05) is 5.32 Å². The van der Waals surface area contributed by atoms with Crippen LogP contribution in [0.15, 0.2) is 18.5 Å². The first kappa shape index (κ1) is 21.9. The number of aromatic amines is 1. The number of primary amides is 1. The average molecular weight is 476 g/mol. The van der Waals surface area contributed by atoms with Gasteiger partial charge in [-0.05, 0) is 18.6 Å². The van der Waals surface area contributed by atoms with E-state index in [-0.39, 0.29) is 26.3 Å². The van der Waals surface area contributed by atoms with E-state index < -0.39 is 40.2 Å². The Morgan fingerprint density at radius 3 is 2.64 bits per heavy atom. The summed E-state index contributed by atoms with van der Waals surface area (Å²) in [5.41, 5.74) is 5.08. The molecular weight excluding hydrogens is 462 g/mol. The number of aromatic nitrogens is 5. The lowest BCUT2D eigenvalue weighted by atomic mass is 10.0. The molecule has 4 heterocycles. The number of rotatable bonds is 6. The first-order valence-corrected chi connectivity index (χ1v) is 9.95. The van der Waals surface area contributed by atoms with E-state index >= 15 is 0 Å². The topological polar surface area (TPSA) is 175 Å². The summed E-state index contributed by atoms with van der Waals surface area (Å²) in [6.45, 7) is 1.71. The third kappa shape index (κ3) is 3.67. The quantitative estimate of drug-likeness (QED) is 0.283. The van der Waals surface area contributed by atoms with Crippen LogP contribution in [0.1, 0.15) is 38.0 Å². The highest BCUT2D eigenvalue weighted by Gasteiger charge is 2.29. The first-order valence-electron chi connectivity index (χ1n) is 9.13. The summed E-state index contributed by atoms with van der Waals surface area (Å²) in [5, 5.41) is 23.6. The van der Waals surface area contributed by atoms with Gasteiger partial charge < -0.3 is 11.1 Å². The maximum absolute atomic E-state index is 13.6. The maximum Gasteiger partial charge on any atom is 0.319 e. The Morgan fingerprint density at radius 1 is 1.33 bits per heavy atom. The minimum absolute atomic E-state index is 0.0225. The number of aryl methyl sites for hydroxylation is 1. The highest BCUT2D eigenvalue weighted by Crippen LogP contribution is 2.43. The fraction of sp³-hybridized carbons (Fsp3) is 0.167. The molecule has 4 aromatic heterocycles. The van der Waals surface area contributed by atoms with E-state index in [2.05, 4.69) is 25.6 Å². The Bertz CT molecular complexity index is 1440. The highest BCUT2D eigenvalue weighted by molar-refractivity contribution is 7.21. The van der Waals surface area contributed by atoms with Crippen LogP contribution in [0.5, 0.6) is 0 Å². The number of fused-ring (bicyclic) bond motifs is 1. The van der Waals surface area contributed by atoms with Crippen molar-refractivity contribution >= 4 is 44.7 Å². The number of nitrogens with two attached hydrogens (primary N) is 1. The van der Waals surface area contributed by atoms with Crippen LogP contribution < -0.4 is 11.1 Å². The molecule has 0 bridgehead atoms. The highest BCUT2D eigenvalue weighted by atomic mass is 32.1. The molecule has 0 aliphatic rings. The molecule has 0 unspecified atom stereocenters. The van der Waals surface area contributed by atoms with Crippen molar-refractivity contribution in [3.63, 3.8) is 0 Å². The molecule has 0 spiro atoms. The fourth-order valence-electron chi connectivity index (χ4n) is 3.26. The average Bonchev–Trinajstić information content (AvgIpc) is 3.46. The van der Waals surface area contributed by atoms with Crippen LogP contribution in [0, 0.1) is 17.0 Å². The standard InChI is InChI=1S/C18H14F2N8O4S/c1-6-8(4-23-27(6)2)7-3-9(15(19)20)24-18-11(7)13(14(33-18)16(21)29)25-17(30)12-10(28(31)32)5-22-26-12/h3-5,15H,1-2H3,(H2,21,29)(H,22,26)(H,25,30). The molecule has 12 nitrogen and oxygen atoms in total. The molecule has 0 radical (unpaired) electrons. The number of hydrogen-bond donors (Lipinski definition) is 3. The number of thiophene rings is 1. The smallest absolute Gasteiger partial charge is 0.319 e. The Kier molecular flexibility index (Phi) is 5.33. The number of amides is 2. The van der Waals surface area contributed by atoms with Crippen molar-refractivity contribution in [3.8, 4) is 11.1 Å². The molecule has 0 atom stereocenters. The van der Waals surface area contributed by atoms with Gasteiger partial charge in [0.1, 0.15) is 21.6 Å². The second-order valence-electron chi connectivity index (χ2n) is 6.85. The van der Waals surface area contributed by atoms with Gasteiger partial charge in [0, 0.05) is 23.7 Å². The van der Waals surface area contributed by atoms with Crippen molar-refractivity contribution in [2.24, 2.45) is 12.8 Å². The summed E-state index contributed by atoms with van der Waals surface area (Å²) in [5.74, 6) is -1.92. The van der Waals surface area contributed by atoms with Crippen LogP contribution in [-0.2, 0) is 7.05 Å². The van der Waals surface area contributed by atoms with E-state index in [9.17, 15) is 28.5 Å². The minimum Gasteiger partial charge on any atom is -0.365 e. The van der Waals surface area contributed by atoms with Gasteiger partial charge in [0.15, 0.2) is 0 Å². The van der Waals surface area contributed by atoms with Crippen molar-refractivity contribution in [1.29, 1.82) is 0 Å². The summed E-state index contributed by atoms with van der Waals surface area (Å²) in [7, 11) is 1.66. The molecule has 0 saturated carbocycles. The van der Waals surface area contributed by atoms with Gasteiger partial charge in [-0.15, -0.1) is 11.3 Å². The molecule has 0 aromatic carbocycles. The number of pyridine rings is 1. The van der Waals surface area contributed by atoms with Crippen LogP contribution >= 0.6 is 11.3 Å². The van der Waals surface area contributed by atoms with Crippen LogP contribution in [0.25, 0.3) is 21.3 Å². The zero-order chi connectivity index (χ0) is 24.0. The van der Waals surface area contributed by atoms with Gasteiger partial charge in [0.25, 0.3) is 18.2 Å². The lowest BCUT2D eigenvalue weighted by molar-refractivity contribution is -0.385. The summed E-state index contributed by atoms with van der Waals surface area (Å²) < 4.78 is 28.7. The largest absolute Gasteiger partial charge is 0.365 e. The summed E-state index contributed by atoms with van der Waals surface area (Å²) in [6, 6.07) is 1.14. The Morgan fingerprint density at radius 2 is 2.06 bits per heavy atom. The summed E-state index contributed by atoms with van der Waals surface area (Å²) >= 11 is 0.714. The van der Waals surface area contributed by atoms with Crippen LogP contribution in [-0.4, -0.2) is 41.7 Å². The number of nitrogens with one attached hydrogen (secondary N) is 2. The Labute approximate surface area is 186 Å². The van der Waals surface area contributed by atoms with Gasteiger partial charge in [-0.1, -0.05) is 0 Å². The zero-order valence-electron chi connectivity index (χ0n) is 16.9. The molecule has 0 fully saturated rings. The molecule has 15 heteroatoms. The number of nitrogens with zero attached hydrogens (tertiary/aromatic N) is 5. The number of carbonyl (C=O) groups is 2. The maximum atomic E-state index is 13.6. The molecule has 170 valence electrons. The Balaban J connectivity index is 1.98. The molecule has 4 aromatic rings. The third-order valence-corrected chi connectivity index (χ3v) is 6.03. The van der Waals surface area contributed by atoms with E-state index in [0.29, 0.717) is 22.6 Å². The van der Waals surface area contributed by atoms with E-state index in [4.69, 9.17) is 5.73 Å². The van der Waals surface area contributed by atoms with Crippen LogP contribution in [0.2, 0.25) is 0 Å². The van der Waals surface area contributed by atoms with Gasteiger partial charge in [-0.25, -0.2) is 13.8 Å². The number of carbonyl (C=O) groups excluding carboxylic acids is 2. The number of anilines is 1. The van der Waals surface area contributed by atoms with E-state index in [1.807, 2.05) is 0 Å². The van der Waals surface area contributed by atoms with E-state index in [1.165, 1.54) is 10.9 Å². The van der Waals surface area contributed by atoms with Crippen LogP contribution in [0.3, 0.4) is 0 Å². The molecule has 2 amide bonds. The number of alkyl halides is 2. The predicted molar refractivity (Wildman–Crippen MR) is 113 cm³/mol. The van der Waals surface area contributed by atoms with Gasteiger partial charge in [-0.3, -0.25) is 29.5 Å². The molecule has 0 aliphatic heterocycles. The molecule has 0 aliphatic carbocycles. The van der Waals surface area contributed by atoms with Gasteiger partial charge >= 0.3 is 5.69 Å².